The van der Waals surface area contributed by atoms with Crippen LogP contribution in [0.5, 0.6) is 0 Å². The average molecular weight is 356 g/mol. The van der Waals surface area contributed by atoms with Crippen molar-refractivity contribution >= 4 is 10.0 Å². The molecule has 0 spiro atoms. The number of rotatable bonds is 6. The summed E-state index contributed by atoms with van der Waals surface area (Å²) < 4.78 is 59.2. The molecular weight excluding hydrogens is 338 g/mol. The minimum absolute atomic E-state index is 0.0483. The number of benzene rings is 1. The molecule has 0 saturated carbocycles. The molecule has 8 heteroatoms. The fraction of sp³-hybridized carbons (Fsp3) is 0.375. The van der Waals surface area contributed by atoms with E-state index in [1.807, 2.05) is 0 Å². The molecule has 24 heavy (non-hydrogen) atoms. The van der Waals surface area contributed by atoms with E-state index in [9.17, 15) is 17.2 Å². The van der Waals surface area contributed by atoms with E-state index in [-0.39, 0.29) is 12.6 Å². The Morgan fingerprint density at radius 1 is 1.21 bits per heavy atom. The van der Waals surface area contributed by atoms with Crippen molar-refractivity contribution in [2.45, 2.75) is 23.8 Å². The first-order valence-electron chi connectivity index (χ1n) is 7.69. The van der Waals surface area contributed by atoms with Gasteiger partial charge < -0.3 is 4.42 Å². The van der Waals surface area contributed by atoms with Crippen LogP contribution in [0, 0.1) is 11.6 Å². The average Bonchev–Trinajstić information content (AvgIpc) is 3.20. The fourth-order valence-corrected chi connectivity index (χ4v) is 4.00. The van der Waals surface area contributed by atoms with Crippen LogP contribution in [0.1, 0.15) is 24.6 Å². The van der Waals surface area contributed by atoms with E-state index in [4.69, 9.17) is 4.42 Å². The first-order chi connectivity index (χ1) is 11.5. The number of hydrogen-bond acceptors (Lipinski definition) is 4. The molecule has 5 nitrogen and oxygen atoms in total. The van der Waals surface area contributed by atoms with Crippen LogP contribution in [0.25, 0.3) is 0 Å². The molecule has 2 heterocycles. The van der Waals surface area contributed by atoms with Crippen LogP contribution in [-0.4, -0.2) is 33.0 Å². The van der Waals surface area contributed by atoms with Gasteiger partial charge >= 0.3 is 0 Å². The maximum absolute atomic E-state index is 13.8. The summed E-state index contributed by atoms with van der Waals surface area (Å²) in [5.41, 5.74) is 0. The molecule has 0 radical (unpaired) electrons. The molecule has 1 aromatic carbocycles. The van der Waals surface area contributed by atoms with Gasteiger partial charge in [0.2, 0.25) is 10.0 Å². The third-order valence-corrected chi connectivity index (χ3v) is 5.56. The highest BCUT2D eigenvalue weighted by molar-refractivity contribution is 7.89. The van der Waals surface area contributed by atoms with E-state index < -0.39 is 26.6 Å². The number of furan rings is 1. The molecule has 1 fully saturated rings. The Balaban J connectivity index is 1.78. The highest BCUT2D eigenvalue weighted by Crippen LogP contribution is 2.25. The number of halogens is 2. The molecule has 0 aliphatic carbocycles. The number of hydrogen-bond donors (Lipinski definition) is 1. The number of likely N-dealkylation sites (tertiary alicyclic amines) is 1. The molecule has 1 atom stereocenters. The lowest BCUT2D eigenvalue weighted by molar-refractivity contribution is 0.216. The molecule has 1 N–H and O–H groups in total. The summed E-state index contributed by atoms with van der Waals surface area (Å²) in [5.74, 6) is -1.28. The summed E-state index contributed by atoms with van der Waals surface area (Å²) in [6, 6.07) is 5.66. The molecule has 0 bridgehead atoms. The number of nitrogens with one attached hydrogen (secondary N) is 1. The predicted molar refractivity (Wildman–Crippen MR) is 83.8 cm³/mol. The maximum atomic E-state index is 13.8. The molecule has 1 aliphatic rings. The fourth-order valence-electron chi connectivity index (χ4n) is 2.90. The van der Waals surface area contributed by atoms with Crippen LogP contribution in [-0.2, 0) is 10.0 Å². The van der Waals surface area contributed by atoms with E-state index in [1.54, 1.807) is 12.1 Å². The van der Waals surface area contributed by atoms with Gasteiger partial charge in [-0.2, -0.15) is 0 Å². The highest BCUT2D eigenvalue weighted by atomic mass is 32.2. The van der Waals surface area contributed by atoms with Gasteiger partial charge in [-0.25, -0.2) is 21.9 Å². The Hall–Kier alpha value is -1.77. The van der Waals surface area contributed by atoms with Gasteiger partial charge in [0.15, 0.2) is 0 Å². The van der Waals surface area contributed by atoms with Crippen molar-refractivity contribution in [2.24, 2.45) is 0 Å². The summed E-state index contributed by atoms with van der Waals surface area (Å²) in [7, 11) is -4.08. The summed E-state index contributed by atoms with van der Waals surface area (Å²) in [6.45, 7) is 1.74. The lowest BCUT2D eigenvalue weighted by atomic mass is 10.2. The van der Waals surface area contributed by atoms with Gasteiger partial charge in [0.05, 0.1) is 12.3 Å². The number of sulfonamides is 1. The van der Waals surface area contributed by atoms with Crippen molar-refractivity contribution in [3.63, 3.8) is 0 Å². The van der Waals surface area contributed by atoms with Crippen LogP contribution in [0.15, 0.2) is 45.9 Å². The van der Waals surface area contributed by atoms with Crippen LogP contribution < -0.4 is 4.72 Å². The van der Waals surface area contributed by atoms with Crippen LogP contribution >= 0.6 is 0 Å². The zero-order chi connectivity index (χ0) is 17.2. The van der Waals surface area contributed by atoms with Crippen molar-refractivity contribution in [1.29, 1.82) is 0 Å². The Morgan fingerprint density at radius 3 is 2.58 bits per heavy atom. The first kappa shape index (κ1) is 17.1. The van der Waals surface area contributed by atoms with Crippen LogP contribution in [0.3, 0.4) is 0 Å². The number of nitrogens with zero attached hydrogens (tertiary/aromatic N) is 1. The Morgan fingerprint density at radius 2 is 1.96 bits per heavy atom. The van der Waals surface area contributed by atoms with Crippen LogP contribution in [0.2, 0.25) is 0 Å². The largest absolute Gasteiger partial charge is 0.468 e. The third kappa shape index (κ3) is 3.66. The van der Waals surface area contributed by atoms with Crippen molar-refractivity contribution < 1.29 is 21.6 Å². The summed E-state index contributed by atoms with van der Waals surface area (Å²) in [6.07, 6.45) is 3.61. The normalized spacial score (nSPS) is 17.2. The molecule has 0 amide bonds. The van der Waals surface area contributed by atoms with Gasteiger partial charge in [-0.1, -0.05) is 0 Å². The maximum Gasteiger partial charge on any atom is 0.243 e. The summed E-state index contributed by atoms with van der Waals surface area (Å²) in [4.78, 5) is 1.56. The van der Waals surface area contributed by atoms with Gasteiger partial charge in [-0.05, 0) is 50.2 Å². The molecule has 1 aliphatic heterocycles. The minimum atomic E-state index is -4.08. The lowest BCUT2D eigenvalue weighted by Gasteiger charge is -2.26. The second-order valence-electron chi connectivity index (χ2n) is 5.70. The molecule has 0 unspecified atom stereocenters. The molecule has 3 rings (SSSR count). The second-order valence-corrected chi connectivity index (χ2v) is 7.44. The van der Waals surface area contributed by atoms with Gasteiger partial charge in [-0.3, -0.25) is 4.90 Å². The standard InChI is InChI=1S/C16H18F2N2O3S/c17-12-5-6-16(13(18)10-12)24(21,22)19-11-14(15-4-3-9-23-15)20-7-1-2-8-20/h3-6,9-10,14,19H,1-2,7-8,11H2/t14-/m1/s1. The smallest absolute Gasteiger partial charge is 0.243 e. The van der Waals surface area contributed by atoms with Gasteiger partial charge in [0, 0.05) is 12.6 Å². The molecule has 130 valence electrons. The molecule has 1 saturated heterocycles. The zero-order valence-electron chi connectivity index (χ0n) is 12.9. The Bertz CT molecular complexity index is 788. The SMILES string of the molecule is O=S(=O)(NC[C@H](c1ccco1)N1CCCC1)c1ccc(F)cc1F. The molecule has 2 aromatic rings. The third-order valence-electron chi connectivity index (χ3n) is 4.10. The topological polar surface area (TPSA) is 62.6 Å². The second kappa shape index (κ2) is 7.00. The van der Waals surface area contributed by atoms with Crippen molar-refractivity contribution in [3.8, 4) is 0 Å². The van der Waals surface area contributed by atoms with E-state index >= 15 is 0 Å². The Labute approximate surface area is 139 Å². The van der Waals surface area contributed by atoms with E-state index in [0.29, 0.717) is 11.8 Å². The summed E-state index contributed by atoms with van der Waals surface area (Å²) >= 11 is 0. The molecular formula is C16H18F2N2O3S. The van der Waals surface area contributed by atoms with Crippen molar-refractivity contribution in [3.05, 3.63) is 54.0 Å². The minimum Gasteiger partial charge on any atom is -0.468 e. The van der Waals surface area contributed by atoms with Gasteiger partial charge in [0.25, 0.3) is 0 Å². The van der Waals surface area contributed by atoms with Crippen LogP contribution in [0.4, 0.5) is 8.78 Å². The summed E-state index contributed by atoms with van der Waals surface area (Å²) in [5, 5.41) is 0. The monoisotopic (exact) mass is 356 g/mol. The lowest BCUT2D eigenvalue weighted by Crippen LogP contribution is -2.36. The zero-order valence-corrected chi connectivity index (χ0v) is 13.7. The van der Waals surface area contributed by atoms with Crippen molar-refractivity contribution in [2.75, 3.05) is 19.6 Å². The Kier molecular flexibility index (Phi) is 4.98. The highest BCUT2D eigenvalue weighted by Gasteiger charge is 2.28. The quantitative estimate of drug-likeness (QED) is 0.864. The van der Waals surface area contributed by atoms with E-state index in [1.165, 1.54) is 6.26 Å². The van der Waals surface area contributed by atoms with Gasteiger partial charge in [-0.15, -0.1) is 0 Å². The van der Waals surface area contributed by atoms with Crippen molar-refractivity contribution in [1.82, 2.24) is 9.62 Å². The van der Waals surface area contributed by atoms with E-state index in [0.717, 1.165) is 38.1 Å². The first-order valence-corrected chi connectivity index (χ1v) is 9.18. The predicted octanol–water partition coefficient (Wildman–Crippen LogP) is 2.67. The molecule has 1 aromatic heterocycles. The van der Waals surface area contributed by atoms with Gasteiger partial charge in [0.1, 0.15) is 22.3 Å². The van der Waals surface area contributed by atoms with E-state index in [2.05, 4.69) is 9.62 Å².